The van der Waals surface area contributed by atoms with Crippen molar-refractivity contribution in [3.05, 3.63) is 53.6 Å². The Morgan fingerprint density at radius 2 is 1.81 bits per heavy atom. The van der Waals surface area contributed by atoms with Crippen molar-refractivity contribution in [3.63, 3.8) is 0 Å². The van der Waals surface area contributed by atoms with Crippen molar-refractivity contribution >= 4 is 21.4 Å². The van der Waals surface area contributed by atoms with Crippen LogP contribution in [0.5, 0.6) is 0 Å². The number of halogens is 2. The molecule has 0 spiro atoms. The zero-order chi connectivity index (χ0) is 15.8. The van der Waals surface area contributed by atoms with Crippen LogP contribution in [0.4, 0.5) is 20.2 Å². The molecule has 0 aliphatic carbocycles. The van der Waals surface area contributed by atoms with E-state index in [1.54, 1.807) is 0 Å². The van der Waals surface area contributed by atoms with E-state index in [0.717, 1.165) is 16.4 Å². The van der Waals surface area contributed by atoms with Crippen LogP contribution in [0.25, 0.3) is 0 Å². The summed E-state index contributed by atoms with van der Waals surface area (Å²) in [5, 5.41) is 0. The first kappa shape index (κ1) is 15.2. The van der Waals surface area contributed by atoms with Gasteiger partial charge in [0, 0.05) is 18.3 Å². The van der Waals surface area contributed by atoms with Crippen LogP contribution in [0, 0.1) is 18.6 Å². The fraction of sp³-hybridized carbons (Fsp3) is 0.143. The number of sulfonamides is 1. The quantitative estimate of drug-likeness (QED) is 0.886. The minimum absolute atomic E-state index is 0.00400. The molecule has 0 aliphatic heterocycles. The molecule has 2 rings (SSSR count). The number of nitrogens with zero attached hydrogens (tertiary/aromatic N) is 1. The molecule has 2 aromatic rings. The lowest BCUT2D eigenvalue weighted by atomic mass is 10.2. The van der Waals surface area contributed by atoms with Gasteiger partial charge in [0.2, 0.25) is 0 Å². The van der Waals surface area contributed by atoms with Gasteiger partial charge in [-0.2, -0.15) is 0 Å². The fourth-order valence-electron chi connectivity index (χ4n) is 1.90. The first-order chi connectivity index (χ1) is 9.73. The van der Waals surface area contributed by atoms with Crippen molar-refractivity contribution in [2.24, 2.45) is 0 Å². The summed E-state index contributed by atoms with van der Waals surface area (Å²) < 4.78 is 52.9. The largest absolute Gasteiger partial charge is 0.399 e. The second-order valence-electron chi connectivity index (χ2n) is 4.58. The summed E-state index contributed by atoms with van der Waals surface area (Å²) in [6.45, 7) is 1.35. The minimum Gasteiger partial charge on any atom is -0.399 e. The van der Waals surface area contributed by atoms with Crippen LogP contribution in [0.15, 0.2) is 41.3 Å². The number of hydrogen-bond donors (Lipinski definition) is 1. The Kier molecular flexibility index (Phi) is 3.87. The molecular weight excluding hydrogens is 298 g/mol. The number of hydrogen-bond acceptors (Lipinski definition) is 3. The van der Waals surface area contributed by atoms with E-state index in [0.29, 0.717) is 0 Å². The number of anilines is 2. The Hall–Kier alpha value is -2.15. The smallest absolute Gasteiger partial charge is 0.264 e. The SMILES string of the molecule is Cc1c(F)cc(N)cc1S(=O)(=O)N(C)c1cccc(F)c1. The molecule has 0 atom stereocenters. The van der Waals surface area contributed by atoms with Crippen LogP contribution >= 0.6 is 0 Å². The predicted octanol–water partition coefficient (Wildman–Crippen LogP) is 2.68. The van der Waals surface area contributed by atoms with Gasteiger partial charge in [0.1, 0.15) is 11.6 Å². The standard InChI is InChI=1S/C14H14F2N2O2S/c1-9-13(16)7-11(17)8-14(9)21(19,20)18(2)12-5-3-4-10(15)6-12/h3-8H,17H2,1-2H3. The molecule has 4 nitrogen and oxygen atoms in total. The third-order valence-electron chi connectivity index (χ3n) is 3.13. The van der Waals surface area contributed by atoms with Crippen molar-refractivity contribution < 1.29 is 17.2 Å². The van der Waals surface area contributed by atoms with Gasteiger partial charge in [-0.15, -0.1) is 0 Å². The van der Waals surface area contributed by atoms with Crippen LogP contribution in [-0.2, 0) is 10.0 Å². The van der Waals surface area contributed by atoms with E-state index in [4.69, 9.17) is 5.73 Å². The van der Waals surface area contributed by atoms with E-state index in [1.807, 2.05) is 0 Å². The molecule has 0 heterocycles. The lowest BCUT2D eigenvalue weighted by Gasteiger charge is -2.21. The first-order valence-corrected chi connectivity index (χ1v) is 7.47. The van der Waals surface area contributed by atoms with E-state index in [-0.39, 0.29) is 21.8 Å². The molecule has 7 heteroatoms. The molecule has 0 saturated carbocycles. The maximum Gasteiger partial charge on any atom is 0.264 e. The third kappa shape index (κ3) is 2.82. The van der Waals surface area contributed by atoms with E-state index in [9.17, 15) is 17.2 Å². The third-order valence-corrected chi connectivity index (χ3v) is 5.04. The van der Waals surface area contributed by atoms with Crippen molar-refractivity contribution in [1.82, 2.24) is 0 Å². The van der Waals surface area contributed by atoms with Gasteiger partial charge in [-0.1, -0.05) is 6.07 Å². The Labute approximate surface area is 121 Å². The lowest BCUT2D eigenvalue weighted by molar-refractivity contribution is 0.585. The molecule has 0 amide bonds. The maximum absolute atomic E-state index is 13.7. The second kappa shape index (κ2) is 5.33. The van der Waals surface area contributed by atoms with E-state index < -0.39 is 21.7 Å². The summed E-state index contributed by atoms with van der Waals surface area (Å²) in [5.41, 5.74) is 5.61. The minimum atomic E-state index is -4.04. The molecular formula is C14H14F2N2O2S. The molecule has 0 radical (unpaired) electrons. The normalized spacial score (nSPS) is 11.4. The molecule has 2 N–H and O–H groups in total. The number of rotatable bonds is 3. The molecule has 0 saturated heterocycles. The van der Waals surface area contributed by atoms with Gasteiger partial charge in [-0.25, -0.2) is 17.2 Å². The molecule has 0 unspecified atom stereocenters. The van der Waals surface area contributed by atoms with Crippen molar-refractivity contribution in [2.45, 2.75) is 11.8 Å². The van der Waals surface area contributed by atoms with Crippen LogP contribution < -0.4 is 10.0 Å². The van der Waals surface area contributed by atoms with Gasteiger partial charge in [0.15, 0.2) is 0 Å². The Morgan fingerprint density at radius 3 is 2.43 bits per heavy atom. The average molecular weight is 312 g/mol. The highest BCUT2D eigenvalue weighted by molar-refractivity contribution is 7.92. The Balaban J connectivity index is 2.57. The van der Waals surface area contributed by atoms with Gasteiger partial charge in [-0.05, 0) is 37.3 Å². The Bertz CT molecular complexity index is 792. The highest BCUT2D eigenvalue weighted by Crippen LogP contribution is 2.27. The van der Waals surface area contributed by atoms with Gasteiger partial charge in [0.25, 0.3) is 10.0 Å². The summed E-state index contributed by atoms with van der Waals surface area (Å²) in [6, 6.07) is 7.35. The van der Waals surface area contributed by atoms with Gasteiger partial charge < -0.3 is 5.73 Å². The number of nitrogens with two attached hydrogens (primary N) is 1. The van der Waals surface area contributed by atoms with Gasteiger partial charge in [-0.3, -0.25) is 4.31 Å². The first-order valence-electron chi connectivity index (χ1n) is 6.03. The molecule has 0 aromatic heterocycles. The summed E-state index contributed by atoms with van der Waals surface area (Å²) >= 11 is 0. The van der Waals surface area contributed by atoms with Crippen molar-refractivity contribution in [1.29, 1.82) is 0 Å². The summed E-state index contributed by atoms with van der Waals surface area (Å²) in [4.78, 5) is -0.244. The number of benzene rings is 2. The average Bonchev–Trinajstić information content (AvgIpc) is 2.41. The van der Waals surface area contributed by atoms with Crippen LogP contribution in [0.3, 0.4) is 0 Å². The van der Waals surface area contributed by atoms with Crippen LogP contribution in [-0.4, -0.2) is 15.5 Å². The molecule has 21 heavy (non-hydrogen) atoms. The van der Waals surface area contributed by atoms with Crippen molar-refractivity contribution in [3.8, 4) is 0 Å². The fourth-order valence-corrected chi connectivity index (χ4v) is 3.36. The zero-order valence-electron chi connectivity index (χ0n) is 11.5. The van der Waals surface area contributed by atoms with Gasteiger partial charge >= 0.3 is 0 Å². The molecule has 0 aliphatic rings. The van der Waals surface area contributed by atoms with Crippen LogP contribution in [0.2, 0.25) is 0 Å². The predicted molar refractivity (Wildman–Crippen MR) is 77.5 cm³/mol. The second-order valence-corrected chi connectivity index (χ2v) is 6.52. The Morgan fingerprint density at radius 1 is 1.14 bits per heavy atom. The lowest BCUT2D eigenvalue weighted by Crippen LogP contribution is -2.27. The van der Waals surface area contributed by atoms with Gasteiger partial charge in [0.05, 0.1) is 10.6 Å². The topological polar surface area (TPSA) is 63.4 Å². The molecule has 0 fully saturated rings. The summed E-state index contributed by atoms with van der Waals surface area (Å²) in [7, 11) is -2.77. The highest BCUT2D eigenvalue weighted by atomic mass is 32.2. The molecule has 112 valence electrons. The highest BCUT2D eigenvalue weighted by Gasteiger charge is 2.25. The maximum atomic E-state index is 13.7. The zero-order valence-corrected chi connectivity index (χ0v) is 12.3. The van der Waals surface area contributed by atoms with E-state index in [2.05, 4.69) is 0 Å². The molecule has 0 bridgehead atoms. The van der Waals surface area contributed by atoms with Crippen LogP contribution in [0.1, 0.15) is 5.56 Å². The summed E-state index contributed by atoms with van der Waals surface area (Å²) in [6.07, 6.45) is 0. The van der Waals surface area contributed by atoms with E-state index >= 15 is 0 Å². The monoisotopic (exact) mass is 312 g/mol. The van der Waals surface area contributed by atoms with E-state index in [1.165, 1.54) is 38.2 Å². The summed E-state index contributed by atoms with van der Waals surface area (Å²) in [5.74, 6) is -1.27. The van der Waals surface area contributed by atoms with Crippen molar-refractivity contribution in [2.75, 3.05) is 17.1 Å². The number of nitrogen functional groups attached to an aromatic ring is 1. The molecule has 2 aromatic carbocycles.